The van der Waals surface area contributed by atoms with Gasteiger partial charge >= 0.3 is 0 Å². The standard InChI is InChI=1S/C25H24Cl3N3O4S/c1-17(25(33)29-2)30(15-18-8-6-7-11-23(18)28)24(32)16-31(21-13-19(26)12-20(27)14-21)36(34,35)22-9-4-3-5-10-22/h3-14,17H,15-16H2,1-2H3,(H,29,33). The van der Waals surface area contributed by atoms with Gasteiger partial charge in [-0.15, -0.1) is 0 Å². The van der Waals surface area contributed by atoms with Crippen LogP contribution >= 0.6 is 34.8 Å². The number of benzene rings is 3. The quantitative estimate of drug-likeness (QED) is 0.393. The largest absolute Gasteiger partial charge is 0.357 e. The SMILES string of the molecule is CNC(=O)C(C)N(Cc1ccccc1Cl)C(=O)CN(c1cc(Cl)cc(Cl)c1)S(=O)(=O)c1ccccc1. The maximum absolute atomic E-state index is 13.7. The Hall–Kier alpha value is -2.78. The van der Waals surface area contributed by atoms with Gasteiger partial charge < -0.3 is 10.2 Å². The number of nitrogens with one attached hydrogen (secondary N) is 1. The van der Waals surface area contributed by atoms with Crippen LogP contribution in [0.15, 0.2) is 77.7 Å². The molecule has 0 bridgehead atoms. The molecule has 0 aliphatic heterocycles. The van der Waals surface area contributed by atoms with Gasteiger partial charge in [0.1, 0.15) is 12.6 Å². The first kappa shape index (κ1) is 27.8. The summed E-state index contributed by atoms with van der Waals surface area (Å²) in [5.41, 5.74) is 0.710. The van der Waals surface area contributed by atoms with E-state index in [-0.39, 0.29) is 27.2 Å². The summed E-state index contributed by atoms with van der Waals surface area (Å²) in [6.07, 6.45) is 0. The van der Waals surface area contributed by atoms with Crippen LogP contribution in [0.25, 0.3) is 0 Å². The lowest BCUT2D eigenvalue weighted by Gasteiger charge is -2.32. The van der Waals surface area contributed by atoms with E-state index < -0.39 is 34.4 Å². The fraction of sp³-hybridized carbons (Fsp3) is 0.200. The molecule has 1 atom stereocenters. The van der Waals surface area contributed by atoms with E-state index in [9.17, 15) is 18.0 Å². The van der Waals surface area contributed by atoms with Crippen LogP contribution in [0.3, 0.4) is 0 Å². The van der Waals surface area contributed by atoms with Gasteiger partial charge in [0.2, 0.25) is 11.8 Å². The van der Waals surface area contributed by atoms with Crippen molar-refractivity contribution >= 4 is 62.3 Å². The highest BCUT2D eigenvalue weighted by molar-refractivity contribution is 7.92. The van der Waals surface area contributed by atoms with Gasteiger partial charge in [-0.1, -0.05) is 71.2 Å². The summed E-state index contributed by atoms with van der Waals surface area (Å²) in [6.45, 7) is 0.933. The third kappa shape index (κ3) is 6.50. The first-order valence-electron chi connectivity index (χ1n) is 10.8. The Morgan fingerprint density at radius 3 is 2.08 bits per heavy atom. The van der Waals surface area contributed by atoms with Gasteiger partial charge in [-0.2, -0.15) is 0 Å². The van der Waals surface area contributed by atoms with E-state index >= 15 is 0 Å². The smallest absolute Gasteiger partial charge is 0.264 e. The van der Waals surface area contributed by atoms with Crippen LogP contribution in [0.1, 0.15) is 12.5 Å². The van der Waals surface area contributed by atoms with Crippen molar-refractivity contribution in [1.29, 1.82) is 0 Å². The molecule has 0 heterocycles. The van der Waals surface area contributed by atoms with Crippen LogP contribution in [0.4, 0.5) is 5.69 Å². The zero-order valence-corrected chi connectivity index (χ0v) is 22.6. The van der Waals surface area contributed by atoms with Crippen LogP contribution in [-0.2, 0) is 26.2 Å². The summed E-state index contributed by atoms with van der Waals surface area (Å²) in [4.78, 5) is 27.4. The minimum Gasteiger partial charge on any atom is -0.357 e. The first-order chi connectivity index (χ1) is 17.0. The molecule has 0 saturated carbocycles. The zero-order chi connectivity index (χ0) is 26.5. The average molecular weight is 569 g/mol. The molecule has 0 radical (unpaired) electrons. The number of rotatable bonds is 9. The Morgan fingerprint density at radius 1 is 0.917 bits per heavy atom. The molecule has 190 valence electrons. The highest BCUT2D eigenvalue weighted by Crippen LogP contribution is 2.30. The zero-order valence-electron chi connectivity index (χ0n) is 19.5. The molecule has 3 aromatic rings. The number of hydrogen-bond acceptors (Lipinski definition) is 4. The molecule has 11 heteroatoms. The number of anilines is 1. The van der Waals surface area contributed by atoms with Gasteiger partial charge in [-0.05, 0) is 48.9 Å². The maximum Gasteiger partial charge on any atom is 0.264 e. The minimum atomic E-state index is -4.21. The van der Waals surface area contributed by atoms with Crippen molar-refractivity contribution in [2.24, 2.45) is 0 Å². The molecule has 0 aliphatic rings. The van der Waals surface area contributed by atoms with E-state index in [1.54, 1.807) is 49.4 Å². The predicted octanol–water partition coefficient (Wildman–Crippen LogP) is 5.01. The number of carbonyl (C=O) groups excluding carboxylic acids is 2. The molecule has 3 aromatic carbocycles. The number of carbonyl (C=O) groups is 2. The summed E-state index contributed by atoms with van der Waals surface area (Å²) in [6, 6.07) is 17.9. The number of halogens is 3. The molecule has 2 amide bonds. The Kier molecular flexibility index (Phi) is 9.24. The first-order valence-corrected chi connectivity index (χ1v) is 13.4. The van der Waals surface area contributed by atoms with Crippen LogP contribution < -0.4 is 9.62 Å². The minimum absolute atomic E-state index is 0.0113. The fourth-order valence-corrected chi connectivity index (χ4v) is 5.66. The maximum atomic E-state index is 13.7. The second kappa shape index (κ2) is 12.0. The average Bonchev–Trinajstić information content (AvgIpc) is 2.85. The van der Waals surface area contributed by atoms with Crippen molar-refractivity contribution in [2.45, 2.75) is 24.4 Å². The Labute approximate surface area is 225 Å². The summed E-state index contributed by atoms with van der Waals surface area (Å²) in [5, 5.41) is 3.33. The van der Waals surface area contributed by atoms with Crippen molar-refractivity contribution in [3.8, 4) is 0 Å². The van der Waals surface area contributed by atoms with Crippen molar-refractivity contribution in [3.05, 3.63) is 93.4 Å². The molecule has 36 heavy (non-hydrogen) atoms. The lowest BCUT2D eigenvalue weighted by Crippen LogP contribution is -2.50. The van der Waals surface area contributed by atoms with Crippen molar-refractivity contribution in [3.63, 3.8) is 0 Å². The summed E-state index contributed by atoms with van der Waals surface area (Å²) in [5.74, 6) is -1.04. The van der Waals surface area contributed by atoms with Crippen LogP contribution in [0.5, 0.6) is 0 Å². The highest BCUT2D eigenvalue weighted by Gasteiger charge is 2.32. The number of sulfonamides is 1. The molecule has 7 nitrogen and oxygen atoms in total. The monoisotopic (exact) mass is 567 g/mol. The molecule has 0 aromatic heterocycles. The molecule has 3 rings (SSSR count). The summed E-state index contributed by atoms with van der Waals surface area (Å²) < 4.78 is 28.2. The molecule has 1 N–H and O–H groups in total. The number of amides is 2. The molecule has 1 unspecified atom stereocenters. The Bertz CT molecular complexity index is 1330. The Morgan fingerprint density at radius 2 is 1.50 bits per heavy atom. The van der Waals surface area contributed by atoms with Gasteiger partial charge in [-0.25, -0.2) is 8.42 Å². The third-order valence-corrected chi connectivity index (χ3v) is 8.05. The predicted molar refractivity (Wildman–Crippen MR) is 143 cm³/mol. The fourth-order valence-electron chi connectivity index (χ4n) is 3.53. The molecule has 0 fully saturated rings. The van der Waals surface area contributed by atoms with E-state index in [4.69, 9.17) is 34.8 Å². The topological polar surface area (TPSA) is 86.8 Å². The van der Waals surface area contributed by atoms with E-state index in [0.717, 1.165) is 4.31 Å². The third-order valence-electron chi connectivity index (χ3n) is 5.46. The summed E-state index contributed by atoms with van der Waals surface area (Å²) >= 11 is 18.6. The van der Waals surface area contributed by atoms with E-state index in [1.165, 1.54) is 42.3 Å². The number of hydrogen-bond donors (Lipinski definition) is 1. The second-order valence-corrected chi connectivity index (χ2v) is 11.0. The van der Waals surface area contributed by atoms with Gasteiger partial charge in [-0.3, -0.25) is 13.9 Å². The van der Waals surface area contributed by atoms with Crippen molar-refractivity contribution in [1.82, 2.24) is 10.2 Å². The van der Waals surface area contributed by atoms with Gasteiger partial charge in [0, 0.05) is 28.7 Å². The highest BCUT2D eigenvalue weighted by atomic mass is 35.5. The van der Waals surface area contributed by atoms with Crippen molar-refractivity contribution < 1.29 is 18.0 Å². The summed E-state index contributed by atoms with van der Waals surface area (Å²) in [7, 11) is -2.75. The van der Waals surface area contributed by atoms with Crippen LogP contribution in [0, 0.1) is 0 Å². The van der Waals surface area contributed by atoms with Gasteiger partial charge in [0.25, 0.3) is 10.0 Å². The van der Waals surface area contributed by atoms with Crippen LogP contribution in [-0.4, -0.2) is 44.8 Å². The Balaban J connectivity index is 2.07. The number of likely N-dealkylation sites (N-methyl/N-ethyl adjacent to an activating group) is 1. The normalized spacial score (nSPS) is 12.0. The van der Waals surface area contributed by atoms with Crippen molar-refractivity contribution in [2.75, 3.05) is 17.9 Å². The molecule has 0 aliphatic carbocycles. The second-order valence-electron chi connectivity index (χ2n) is 7.86. The van der Waals surface area contributed by atoms with E-state index in [1.807, 2.05) is 0 Å². The molecular formula is C25H24Cl3N3O4S. The lowest BCUT2D eigenvalue weighted by atomic mass is 10.1. The van der Waals surface area contributed by atoms with E-state index in [2.05, 4.69) is 5.32 Å². The molecule has 0 saturated heterocycles. The molecule has 0 spiro atoms. The lowest BCUT2D eigenvalue weighted by molar-refractivity contribution is -0.139. The number of nitrogens with zero attached hydrogens (tertiary/aromatic N) is 2. The van der Waals surface area contributed by atoms with E-state index in [0.29, 0.717) is 10.6 Å². The molecular weight excluding hydrogens is 545 g/mol. The van der Waals surface area contributed by atoms with Gasteiger partial charge in [0.15, 0.2) is 0 Å². The van der Waals surface area contributed by atoms with Crippen LogP contribution in [0.2, 0.25) is 15.1 Å². The van der Waals surface area contributed by atoms with Gasteiger partial charge in [0.05, 0.1) is 10.6 Å².